The van der Waals surface area contributed by atoms with Crippen molar-refractivity contribution in [2.45, 2.75) is 38.6 Å². The van der Waals surface area contributed by atoms with Gasteiger partial charge in [-0.2, -0.15) is 0 Å². The van der Waals surface area contributed by atoms with Gasteiger partial charge in [0, 0.05) is 11.6 Å². The minimum Gasteiger partial charge on any atom is -0.493 e. The summed E-state index contributed by atoms with van der Waals surface area (Å²) in [6.45, 7) is 5.18. The molecule has 2 heteroatoms. The Hall–Kier alpha value is -1.02. The summed E-state index contributed by atoms with van der Waals surface area (Å²) < 4.78 is 5.83. The largest absolute Gasteiger partial charge is 0.493 e. The Balaban J connectivity index is 2.48. The van der Waals surface area contributed by atoms with Gasteiger partial charge in [0.2, 0.25) is 0 Å². The molecule has 1 aliphatic rings. The molecule has 0 radical (unpaired) electrons. The van der Waals surface area contributed by atoms with Gasteiger partial charge in [0.25, 0.3) is 0 Å². The molecule has 2 rings (SSSR count). The monoisotopic (exact) mass is 205 g/mol. The molecule has 0 unspecified atom stereocenters. The van der Waals surface area contributed by atoms with Crippen molar-refractivity contribution in [3.8, 4) is 5.75 Å². The van der Waals surface area contributed by atoms with Crippen LogP contribution in [-0.4, -0.2) is 6.61 Å². The van der Waals surface area contributed by atoms with Crippen LogP contribution in [0.2, 0.25) is 0 Å². The first-order valence-corrected chi connectivity index (χ1v) is 5.71. The van der Waals surface area contributed by atoms with E-state index in [2.05, 4.69) is 32.0 Å². The zero-order valence-corrected chi connectivity index (χ0v) is 9.49. The lowest BCUT2D eigenvalue weighted by Crippen LogP contribution is -2.09. The number of para-hydroxylation sites is 1. The maximum atomic E-state index is 6.14. The van der Waals surface area contributed by atoms with Gasteiger partial charge in [-0.3, -0.25) is 0 Å². The molecule has 1 aliphatic heterocycles. The molecule has 0 spiro atoms. The van der Waals surface area contributed by atoms with Gasteiger partial charge in [0.1, 0.15) is 5.75 Å². The SMILES string of the molecule is CC(C)c1cccc2c1OCCC[C@H]2N. The van der Waals surface area contributed by atoms with E-state index in [1.54, 1.807) is 0 Å². The van der Waals surface area contributed by atoms with Crippen molar-refractivity contribution in [3.05, 3.63) is 29.3 Å². The predicted octanol–water partition coefficient (Wildman–Crippen LogP) is 2.98. The molecule has 1 atom stereocenters. The van der Waals surface area contributed by atoms with Crippen LogP contribution in [-0.2, 0) is 0 Å². The summed E-state index contributed by atoms with van der Waals surface area (Å²) in [7, 11) is 0. The summed E-state index contributed by atoms with van der Waals surface area (Å²) in [6.07, 6.45) is 2.07. The Labute approximate surface area is 91.4 Å². The Kier molecular flexibility index (Phi) is 2.96. The van der Waals surface area contributed by atoms with Crippen molar-refractivity contribution in [2.75, 3.05) is 6.61 Å². The van der Waals surface area contributed by atoms with Crippen molar-refractivity contribution >= 4 is 0 Å². The molecule has 1 aromatic rings. The number of nitrogens with two attached hydrogens (primary N) is 1. The molecule has 0 aliphatic carbocycles. The molecule has 0 fully saturated rings. The Morgan fingerprint density at radius 1 is 1.40 bits per heavy atom. The minimum atomic E-state index is 0.140. The van der Waals surface area contributed by atoms with Crippen LogP contribution in [0.4, 0.5) is 0 Å². The number of rotatable bonds is 1. The van der Waals surface area contributed by atoms with E-state index in [4.69, 9.17) is 10.5 Å². The lowest BCUT2D eigenvalue weighted by molar-refractivity contribution is 0.312. The van der Waals surface area contributed by atoms with Crippen LogP contribution in [0.25, 0.3) is 0 Å². The van der Waals surface area contributed by atoms with Crippen molar-refractivity contribution in [3.63, 3.8) is 0 Å². The molecule has 0 aromatic heterocycles. The van der Waals surface area contributed by atoms with Gasteiger partial charge >= 0.3 is 0 Å². The van der Waals surface area contributed by atoms with E-state index < -0.39 is 0 Å². The maximum absolute atomic E-state index is 6.14. The van der Waals surface area contributed by atoms with Gasteiger partial charge in [-0.15, -0.1) is 0 Å². The number of benzene rings is 1. The van der Waals surface area contributed by atoms with Crippen LogP contribution >= 0.6 is 0 Å². The van der Waals surface area contributed by atoms with Gasteiger partial charge in [0.05, 0.1) is 6.61 Å². The number of fused-ring (bicyclic) bond motifs is 1. The van der Waals surface area contributed by atoms with E-state index in [1.165, 1.54) is 11.1 Å². The van der Waals surface area contributed by atoms with E-state index in [0.717, 1.165) is 25.2 Å². The summed E-state index contributed by atoms with van der Waals surface area (Å²) in [5.74, 6) is 1.53. The fraction of sp³-hybridized carbons (Fsp3) is 0.538. The fourth-order valence-electron chi connectivity index (χ4n) is 2.12. The van der Waals surface area contributed by atoms with E-state index in [9.17, 15) is 0 Å². The second-order valence-corrected chi connectivity index (χ2v) is 4.52. The van der Waals surface area contributed by atoms with Gasteiger partial charge in [-0.25, -0.2) is 0 Å². The van der Waals surface area contributed by atoms with Gasteiger partial charge < -0.3 is 10.5 Å². The van der Waals surface area contributed by atoms with Crippen LogP contribution in [0.3, 0.4) is 0 Å². The van der Waals surface area contributed by atoms with E-state index in [-0.39, 0.29) is 6.04 Å². The zero-order chi connectivity index (χ0) is 10.8. The molecule has 82 valence electrons. The molecule has 0 bridgehead atoms. The highest BCUT2D eigenvalue weighted by atomic mass is 16.5. The molecule has 0 saturated heterocycles. The van der Waals surface area contributed by atoms with E-state index >= 15 is 0 Å². The Morgan fingerprint density at radius 3 is 2.93 bits per heavy atom. The predicted molar refractivity (Wildman–Crippen MR) is 62.2 cm³/mol. The first-order chi connectivity index (χ1) is 7.20. The van der Waals surface area contributed by atoms with Crippen molar-refractivity contribution in [2.24, 2.45) is 5.73 Å². The van der Waals surface area contributed by atoms with Crippen LogP contribution in [0.1, 0.15) is 49.8 Å². The summed E-state index contributed by atoms with van der Waals surface area (Å²) >= 11 is 0. The number of ether oxygens (including phenoxy) is 1. The average molecular weight is 205 g/mol. The number of hydrogen-bond acceptors (Lipinski definition) is 2. The van der Waals surface area contributed by atoms with Gasteiger partial charge in [-0.05, 0) is 24.3 Å². The molecular weight excluding hydrogens is 186 g/mol. The molecule has 1 heterocycles. The minimum absolute atomic E-state index is 0.140. The highest BCUT2D eigenvalue weighted by Gasteiger charge is 2.19. The molecule has 2 nitrogen and oxygen atoms in total. The standard InChI is InChI=1S/C13H19NO/c1-9(2)10-5-3-6-11-12(14)7-4-8-15-13(10)11/h3,5-6,9,12H,4,7-8,14H2,1-2H3/t12-/m1/s1. The summed E-state index contributed by atoms with van der Waals surface area (Å²) in [5.41, 5.74) is 8.60. The second kappa shape index (κ2) is 4.23. The van der Waals surface area contributed by atoms with Crippen LogP contribution in [0.5, 0.6) is 5.75 Å². The summed E-state index contributed by atoms with van der Waals surface area (Å²) in [6, 6.07) is 6.46. The summed E-state index contributed by atoms with van der Waals surface area (Å²) in [4.78, 5) is 0. The second-order valence-electron chi connectivity index (χ2n) is 4.52. The fourth-order valence-corrected chi connectivity index (χ4v) is 2.12. The van der Waals surface area contributed by atoms with Crippen LogP contribution in [0.15, 0.2) is 18.2 Å². The molecular formula is C13H19NO. The quantitative estimate of drug-likeness (QED) is 0.765. The third-order valence-electron chi connectivity index (χ3n) is 3.00. The van der Waals surface area contributed by atoms with Crippen molar-refractivity contribution in [1.29, 1.82) is 0 Å². The lowest BCUT2D eigenvalue weighted by atomic mass is 9.95. The van der Waals surface area contributed by atoms with Crippen molar-refractivity contribution < 1.29 is 4.74 Å². The topological polar surface area (TPSA) is 35.2 Å². The maximum Gasteiger partial charge on any atom is 0.127 e. The van der Waals surface area contributed by atoms with Crippen molar-refractivity contribution in [1.82, 2.24) is 0 Å². The molecule has 2 N–H and O–H groups in total. The molecule has 1 aromatic carbocycles. The Morgan fingerprint density at radius 2 is 2.20 bits per heavy atom. The normalized spacial score (nSPS) is 20.7. The zero-order valence-electron chi connectivity index (χ0n) is 9.49. The van der Waals surface area contributed by atoms with Crippen LogP contribution in [0, 0.1) is 0 Å². The molecule has 15 heavy (non-hydrogen) atoms. The average Bonchev–Trinajstić information content (AvgIpc) is 2.40. The third kappa shape index (κ3) is 2.00. The molecule has 0 amide bonds. The van der Waals surface area contributed by atoms with E-state index in [0.29, 0.717) is 5.92 Å². The number of hydrogen-bond donors (Lipinski definition) is 1. The lowest BCUT2D eigenvalue weighted by Gasteiger charge is -2.17. The highest BCUT2D eigenvalue weighted by molar-refractivity contribution is 5.45. The van der Waals surface area contributed by atoms with Crippen LogP contribution < -0.4 is 10.5 Å². The first kappa shape index (κ1) is 10.5. The van der Waals surface area contributed by atoms with E-state index in [1.807, 2.05) is 0 Å². The third-order valence-corrected chi connectivity index (χ3v) is 3.00. The first-order valence-electron chi connectivity index (χ1n) is 5.71. The smallest absolute Gasteiger partial charge is 0.127 e. The van der Waals surface area contributed by atoms with Gasteiger partial charge in [-0.1, -0.05) is 32.0 Å². The summed E-state index contributed by atoms with van der Waals surface area (Å²) in [5, 5.41) is 0. The highest BCUT2D eigenvalue weighted by Crippen LogP contribution is 2.36. The Bertz CT molecular complexity index is 346. The van der Waals surface area contributed by atoms with Gasteiger partial charge in [0.15, 0.2) is 0 Å². The molecule has 0 saturated carbocycles.